The Bertz CT molecular complexity index is 183. The Labute approximate surface area is 78.7 Å². The summed E-state index contributed by atoms with van der Waals surface area (Å²) in [7, 11) is 0. The lowest BCUT2D eigenvalue weighted by atomic mass is 9.95. The second-order valence-corrected chi connectivity index (χ2v) is 4.48. The van der Waals surface area contributed by atoms with Gasteiger partial charge in [0.2, 0.25) is 0 Å². The first-order valence-corrected chi connectivity index (χ1v) is 5.18. The van der Waals surface area contributed by atoms with Gasteiger partial charge < -0.3 is 14.9 Å². The van der Waals surface area contributed by atoms with Crippen molar-refractivity contribution in [2.75, 3.05) is 0 Å². The Balaban J connectivity index is 2.01. The Morgan fingerprint density at radius 1 is 1.15 bits per heavy atom. The molecule has 13 heavy (non-hydrogen) atoms. The third kappa shape index (κ3) is 1.87. The quantitative estimate of drug-likeness (QED) is 0.590. The van der Waals surface area contributed by atoms with Crippen LogP contribution in [0.4, 0.5) is 0 Å². The SMILES string of the molecule is C[C@H]1C[C@@H]2OC(O)C[C@H]2CC[C@@H]1O. The highest BCUT2D eigenvalue weighted by Crippen LogP contribution is 2.37. The van der Waals surface area contributed by atoms with E-state index in [1.807, 2.05) is 0 Å². The Hall–Kier alpha value is -0.120. The maximum Gasteiger partial charge on any atom is 0.155 e. The molecule has 2 aliphatic rings. The lowest BCUT2D eigenvalue weighted by Crippen LogP contribution is -2.21. The largest absolute Gasteiger partial charge is 0.393 e. The van der Waals surface area contributed by atoms with Gasteiger partial charge in [-0.1, -0.05) is 6.92 Å². The highest BCUT2D eigenvalue weighted by Gasteiger charge is 2.38. The van der Waals surface area contributed by atoms with Gasteiger partial charge in [0.25, 0.3) is 0 Å². The average molecular weight is 186 g/mol. The molecule has 3 nitrogen and oxygen atoms in total. The van der Waals surface area contributed by atoms with Crippen LogP contribution in [-0.4, -0.2) is 28.7 Å². The van der Waals surface area contributed by atoms with Gasteiger partial charge in [-0.15, -0.1) is 0 Å². The van der Waals surface area contributed by atoms with E-state index in [-0.39, 0.29) is 12.2 Å². The van der Waals surface area contributed by atoms with E-state index in [2.05, 4.69) is 6.92 Å². The molecule has 2 N–H and O–H groups in total. The molecule has 1 saturated carbocycles. The minimum atomic E-state index is -0.558. The summed E-state index contributed by atoms with van der Waals surface area (Å²) in [6.07, 6.45) is 2.95. The van der Waals surface area contributed by atoms with Crippen molar-refractivity contribution in [1.82, 2.24) is 0 Å². The standard InChI is InChI=1S/C10H18O3/c1-6-4-9-7(2-3-8(6)11)5-10(12)13-9/h6-12H,2-5H2,1H3/t6-,7+,8-,9-,10?/m0/s1. The molecule has 0 amide bonds. The number of rotatable bonds is 0. The van der Waals surface area contributed by atoms with E-state index in [4.69, 9.17) is 4.74 Å². The predicted molar refractivity (Wildman–Crippen MR) is 48.0 cm³/mol. The highest BCUT2D eigenvalue weighted by atomic mass is 16.6. The molecule has 1 unspecified atom stereocenters. The molecule has 5 atom stereocenters. The number of hydrogen-bond donors (Lipinski definition) is 2. The Kier molecular flexibility index (Phi) is 2.58. The van der Waals surface area contributed by atoms with Crippen LogP contribution in [0, 0.1) is 11.8 Å². The fourth-order valence-electron chi connectivity index (χ4n) is 2.52. The number of fused-ring (bicyclic) bond motifs is 1. The second-order valence-electron chi connectivity index (χ2n) is 4.48. The first kappa shape index (κ1) is 9.44. The first-order valence-electron chi connectivity index (χ1n) is 5.18. The average Bonchev–Trinajstić information content (AvgIpc) is 2.36. The molecule has 2 rings (SSSR count). The van der Waals surface area contributed by atoms with E-state index in [0.29, 0.717) is 11.8 Å². The van der Waals surface area contributed by atoms with Crippen LogP contribution >= 0.6 is 0 Å². The van der Waals surface area contributed by atoms with Crippen molar-refractivity contribution in [2.24, 2.45) is 11.8 Å². The summed E-state index contributed by atoms with van der Waals surface area (Å²) in [6.45, 7) is 2.06. The van der Waals surface area contributed by atoms with Crippen molar-refractivity contribution < 1.29 is 14.9 Å². The fraction of sp³-hybridized carbons (Fsp3) is 1.00. The van der Waals surface area contributed by atoms with Crippen LogP contribution in [0.5, 0.6) is 0 Å². The molecular formula is C10H18O3. The summed E-state index contributed by atoms with van der Waals surface area (Å²) in [4.78, 5) is 0. The predicted octanol–water partition coefficient (Wildman–Crippen LogP) is 0.891. The van der Waals surface area contributed by atoms with Crippen LogP contribution in [0.2, 0.25) is 0 Å². The third-order valence-electron chi connectivity index (χ3n) is 3.46. The summed E-state index contributed by atoms with van der Waals surface area (Å²) >= 11 is 0. The summed E-state index contributed by atoms with van der Waals surface area (Å²) in [6, 6.07) is 0. The molecule has 1 heterocycles. The number of hydrogen-bond acceptors (Lipinski definition) is 3. The van der Waals surface area contributed by atoms with Crippen molar-refractivity contribution in [1.29, 1.82) is 0 Å². The maximum absolute atomic E-state index is 9.66. The molecule has 0 aromatic heterocycles. The van der Waals surface area contributed by atoms with Crippen molar-refractivity contribution in [3.8, 4) is 0 Å². The van der Waals surface area contributed by atoms with Crippen LogP contribution in [-0.2, 0) is 4.74 Å². The Morgan fingerprint density at radius 2 is 1.92 bits per heavy atom. The molecule has 1 aliphatic carbocycles. The zero-order valence-corrected chi connectivity index (χ0v) is 8.02. The van der Waals surface area contributed by atoms with Crippen molar-refractivity contribution in [3.63, 3.8) is 0 Å². The summed E-state index contributed by atoms with van der Waals surface area (Å²) in [5.41, 5.74) is 0. The van der Waals surface area contributed by atoms with Crippen molar-refractivity contribution >= 4 is 0 Å². The Morgan fingerprint density at radius 3 is 2.69 bits per heavy atom. The first-order chi connectivity index (χ1) is 6.16. The number of aliphatic hydroxyl groups is 2. The molecule has 0 bridgehead atoms. The second kappa shape index (κ2) is 3.56. The van der Waals surface area contributed by atoms with Crippen LogP contribution in [0.3, 0.4) is 0 Å². The highest BCUT2D eigenvalue weighted by molar-refractivity contribution is 4.85. The normalized spacial score (nSPS) is 51.5. The van der Waals surface area contributed by atoms with E-state index in [9.17, 15) is 10.2 Å². The molecule has 3 heteroatoms. The van der Waals surface area contributed by atoms with E-state index >= 15 is 0 Å². The zero-order valence-electron chi connectivity index (χ0n) is 8.02. The molecule has 0 radical (unpaired) electrons. The molecule has 0 aromatic carbocycles. The van der Waals surface area contributed by atoms with Gasteiger partial charge in [-0.25, -0.2) is 0 Å². The smallest absolute Gasteiger partial charge is 0.155 e. The van der Waals surface area contributed by atoms with Crippen LogP contribution in [0.15, 0.2) is 0 Å². The molecule has 1 aliphatic heterocycles. The minimum Gasteiger partial charge on any atom is -0.393 e. The molecular weight excluding hydrogens is 168 g/mol. The summed E-state index contributed by atoms with van der Waals surface area (Å²) in [5, 5.41) is 19.0. The van der Waals surface area contributed by atoms with Gasteiger partial charge in [-0.2, -0.15) is 0 Å². The fourth-order valence-corrected chi connectivity index (χ4v) is 2.52. The summed E-state index contributed by atoms with van der Waals surface area (Å²) in [5.74, 6) is 0.773. The molecule has 0 spiro atoms. The lowest BCUT2D eigenvalue weighted by Gasteiger charge is -2.18. The van der Waals surface area contributed by atoms with Gasteiger partial charge in [0.1, 0.15) is 0 Å². The van der Waals surface area contributed by atoms with Gasteiger partial charge in [0.15, 0.2) is 6.29 Å². The number of ether oxygens (including phenoxy) is 1. The van der Waals surface area contributed by atoms with E-state index in [1.54, 1.807) is 0 Å². The lowest BCUT2D eigenvalue weighted by molar-refractivity contribution is -0.0981. The van der Waals surface area contributed by atoms with Gasteiger partial charge >= 0.3 is 0 Å². The van der Waals surface area contributed by atoms with Gasteiger partial charge in [0, 0.05) is 6.42 Å². The topological polar surface area (TPSA) is 49.7 Å². The van der Waals surface area contributed by atoms with Gasteiger partial charge in [-0.05, 0) is 31.1 Å². The molecule has 2 fully saturated rings. The van der Waals surface area contributed by atoms with Crippen LogP contribution < -0.4 is 0 Å². The minimum absolute atomic E-state index is 0.175. The monoisotopic (exact) mass is 186 g/mol. The van der Waals surface area contributed by atoms with E-state index in [1.165, 1.54) is 0 Å². The molecule has 1 saturated heterocycles. The van der Waals surface area contributed by atoms with E-state index in [0.717, 1.165) is 25.7 Å². The maximum atomic E-state index is 9.66. The molecule has 76 valence electrons. The van der Waals surface area contributed by atoms with E-state index < -0.39 is 6.29 Å². The number of aliphatic hydroxyl groups excluding tert-OH is 2. The van der Waals surface area contributed by atoms with Crippen LogP contribution in [0.1, 0.15) is 32.6 Å². The van der Waals surface area contributed by atoms with Crippen molar-refractivity contribution in [2.45, 2.75) is 51.1 Å². The zero-order chi connectivity index (χ0) is 9.42. The summed E-state index contributed by atoms with van der Waals surface area (Å²) < 4.78 is 5.41. The van der Waals surface area contributed by atoms with Crippen molar-refractivity contribution in [3.05, 3.63) is 0 Å². The third-order valence-corrected chi connectivity index (χ3v) is 3.46. The molecule has 0 aromatic rings. The van der Waals surface area contributed by atoms with Gasteiger partial charge in [0.05, 0.1) is 12.2 Å². The van der Waals surface area contributed by atoms with Gasteiger partial charge in [-0.3, -0.25) is 0 Å². The van der Waals surface area contributed by atoms with Crippen LogP contribution in [0.25, 0.3) is 0 Å².